The van der Waals surface area contributed by atoms with E-state index in [0.29, 0.717) is 31.6 Å². The number of hydrogen-bond donors (Lipinski definition) is 3. The van der Waals surface area contributed by atoms with Crippen molar-refractivity contribution in [3.8, 4) is 0 Å². The third-order valence-corrected chi connectivity index (χ3v) is 19.2. The minimum atomic E-state index is -4.96. The Labute approximate surface area is 575 Å². The van der Waals surface area contributed by atoms with Crippen LogP contribution < -0.4 is 0 Å². The lowest BCUT2D eigenvalue weighted by Crippen LogP contribution is -2.30. The summed E-state index contributed by atoms with van der Waals surface area (Å²) < 4.78 is 68.5. The molecule has 0 aliphatic rings. The topological polar surface area (TPSA) is 237 Å². The molecule has 17 nitrogen and oxygen atoms in total. The predicted octanol–water partition coefficient (Wildman–Crippen LogP) is 21.7. The average molecular weight is 1380 g/mol. The molecule has 0 bridgehead atoms. The Bertz CT molecular complexity index is 1850. The van der Waals surface area contributed by atoms with Gasteiger partial charge < -0.3 is 33.8 Å². The van der Waals surface area contributed by atoms with Crippen molar-refractivity contribution < 1.29 is 80.2 Å². The van der Waals surface area contributed by atoms with Crippen LogP contribution in [0, 0.1) is 23.7 Å². The van der Waals surface area contributed by atoms with Crippen molar-refractivity contribution in [3.63, 3.8) is 0 Å². The van der Waals surface area contributed by atoms with Gasteiger partial charge in [0.25, 0.3) is 0 Å². The number of aliphatic hydroxyl groups excluding tert-OH is 1. The fraction of sp³-hybridized carbons (Fsp3) is 0.947. The summed E-state index contributed by atoms with van der Waals surface area (Å²) in [6, 6.07) is 0. The highest BCUT2D eigenvalue weighted by molar-refractivity contribution is 7.47. The summed E-state index contributed by atoms with van der Waals surface area (Å²) in [4.78, 5) is 72.8. The quantitative estimate of drug-likeness (QED) is 0.0222. The summed E-state index contributed by atoms with van der Waals surface area (Å²) in [5, 5.41) is 10.6. The van der Waals surface area contributed by atoms with Crippen LogP contribution in [0.15, 0.2) is 0 Å². The van der Waals surface area contributed by atoms with E-state index in [-0.39, 0.29) is 25.7 Å². The van der Waals surface area contributed by atoms with E-state index in [2.05, 4.69) is 55.4 Å². The van der Waals surface area contributed by atoms with E-state index >= 15 is 0 Å². The third kappa shape index (κ3) is 68.6. The van der Waals surface area contributed by atoms with Gasteiger partial charge in [-0.1, -0.05) is 325 Å². The Morgan fingerprint density at radius 1 is 0.266 bits per heavy atom. The monoisotopic (exact) mass is 1380 g/mol. The van der Waals surface area contributed by atoms with Crippen LogP contribution in [0.25, 0.3) is 0 Å². The second kappa shape index (κ2) is 64.4. The first-order chi connectivity index (χ1) is 45.1. The highest BCUT2D eigenvalue weighted by Gasteiger charge is 2.30. The molecule has 19 heteroatoms. The van der Waals surface area contributed by atoms with Gasteiger partial charge in [0, 0.05) is 25.7 Å². The zero-order valence-corrected chi connectivity index (χ0v) is 63.4. The molecule has 558 valence electrons. The zero-order valence-electron chi connectivity index (χ0n) is 61.6. The summed E-state index contributed by atoms with van der Waals surface area (Å²) >= 11 is 0. The minimum Gasteiger partial charge on any atom is -0.462 e. The molecule has 0 aromatic heterocycles. The fourth-order valence-corrected chi connectivity index (χ4v) is 13.0. The van der Waals surface area contributed by atoms with E-state index in [4.69, 9.17) is 37.0 Å². The van der Waals surface area contributed by atoms with Crippen LogP contribution in [0.3, 0.4) is 0 Å². The zero-order chi connectivity index (χ0) is 69.6. The number of hydrogen-bond acceptors (Lipinski definition) is 15. The SMILES string of the molecule is CC(C)CCCCCCCCCCCCCCCC(=O)O[C@H](COC(=O)CCCCCCCCCC(C)C)COP(=O)(O)OCC(O)COP(=O)(O)OC[C@@H](COC(=O)CCCCCCCCCCCCC(C)C)OC(=O)CCCCCCCCCCCCCCC(C)C. The first kappa shape index (κ1) is 92.1. The standard InChI is InChI=1S/C75H146O17P2/c1-65(2)51-43-35-27-20-14-10-9-11-16-24-32-41-49-57-74(79)92-71(62-86-73(78)56-48-40-34-26-30-38-46-54-68(7)8)64-90-94(83,84)88-60-69(76)59-87-93(81,82)89-63-70(61-85-72(77)55-47-39-31-23-19-18-22-29-37-45-53-67(5)6)91-75(80)58-50-42-33-25-17-13-12-15-21-28-36-44-52-66(3)4/h65-71,76H,9-64H2,1-8H3,(H,81,82)(H,83,84)/t69?,70-,71-/m1/s1. The fourth-order valence-electron chi connectivity index (χ4n) is 11.4. The van der Waals surface area contributed by atoms with Crippen LogP contribution in [0.1, 0.15) is 376 Å². The molecule has 0 fully saturated rings. The molecule has 5 atom stereocenters. The van der Waals surface area contributed by atoms with Crippen molar-refractivity contribution in [2.75, 3.05) is 39.6 Å². The van der Waals surface area contributed by atoms with Crippen molar-refractivity contribution in [1.29, 1.82) is 0 Å². The summed E-state index contributed by atoms with van der Waals surface area (Å²) in [5.41, 5.74) is 0. The smallest absolute Gasteiger partial charge is 0.462 e. The lowest BCUT2D eigenvalue weighted by atomic mass is 10.0. The van der Waals surface area contributed by atoms with Gasteiger partial charge in [-0.2, -0.15) is 0 Å². The highest BCUT2D eigenvalue weighted by Crippen LogP contribution is 2.45. The summed E-state index contributed by atoms with van der Waals surface area (Å²) in [6.07, 6.45) is 48.6. The van der Waals surface area contributed by atoms with Gasteiger partial charge in [0.1, 0.15) is 19.3 Å². The molecule has 0 aliphatic carbocycles. The first-order valence-corrected chi connectivity index (χ1v) is 41.7. The number of esters is 4. The van der Waals surface area contributed by atoms with Crippen molar-refractivity contribution in [3.05, 3.63) is 0 Å². The molecule has 0 saturated carbocycles. The normalized spacial score (nSPS) is 14.2. The Hall–Kier alpha value is -1.94. The number of carbonyl (C=O) groups excluding carboxylic acids is 4. The molecule has 3 unspecified atom stereocenters. The highest BCUT2D eigenvalue weighted by atomic mass is 31.2. The molecular formula is C75H146O17P2. The molecule has 0 spiro atoms. The Morgan fingerprint density at radius 3 is 0.660 bits per heavy atom. The number of unbranched alkanes of at least 4 members (excludes halogenated alkanes) is 38. The van der Waals surface area contributed by atoms with Crippen molar-refractivity contribution >= 4 is 39.5 Å². The molecule has 0 heterocycles. The van der Waals surface area contributed by atoms with E-state index in [1.54, 1.807) is 0 Å². The molecule has 0 rings (SSSR count). The van der Waals surface area contributed by atoms with Crippen LogP contribution in [0.4, 0.5) is 0 Å². The van der Waals surface area contributed by atoms with Gasteiger partial charge in [0.2, 0.25) is 0 Å². The van der Waals surface area contributed by atoms with Gasteiger partial charge >= 0.3 is 39.5 Å². The second-order valence-corrected chi connectivity index (χ2v) is 31.9. The number of phosphoric ester groups is 2. The maximum absolute atomic E-state index is 13.1. The van der Waals surface area contributed by atoms with Crippen LogP contribution in [0.2, 0.25) is 0 Å². The summed E-state index contributed by atoms with van der Waals surface area (Å²) in [6.45, 7) is 14.2. The van der Waals surface area contributed by atoms with Gasteiger partial charge in [-0.3, -0.25) is 37.3 Å². The van der Waals surface area contributed by atoms with Gasteiger partial charge in [-0.05, 0) is 49.4 Å². The summed E-state index contributed by atoms with van der Waals surface area (Å²) in [5.74, 6) is 0.905. The van der Waals surface area contributed by atoms with Crippen LogP contribution >= 0.6 is 15.6 Å². The molecule has 0 amide bonds. The van der Waals surface area contributed by atoms with E-state index in [0.717, 1.165) is 114 Å². The van der Waals surface area contributed by atoms with Gasteiger partial charge in [-0.25, -0.2) is 9.13 Å². The number of phosphoric acid groups is 2. The minimum absolute atomic E-state index is 0.106. The van der Waals surface area contributed by atoms with E-state index in [1.807, 2.05) is 0 Å². The molecule has 0 aromatic carbocycles. The van der Waals surface area contributed by atoms with E-state index < -0.39 is 97.5 Å². The summed E-state index contributed by atoms with van der Waals surface area (Å²) in [7, 11) is -9.91. The molecule has 0 radical (unpaired) electrons. The first-order valence-electron chi connectivity index (χ1n) is 38.7. The van der Waals surface area contributed by atoms with Gasteiger partial charge in [-0.15, -0.1) is 0 Å². The van der Waals surface area contributed by atoms with Gasteiger partial charge in [0.15, 0.2) is 12.2 Å². The molecule has 0 aromatic rings. The molecular weight excluding hydrogens is 1230 g/mol. The maximum atomic E-state index is 13.1. The largest absolute Gasteiger partial charge is 0.472 e. The lowest BCUT2D eigenvalue weighted by Gasteiger charge is -2.21. The number of carbonyl (C=O) groups is 4. The van der Waals surface area contributed by atoms with Crippen molar-refractivity contribution in [1.82, 2.24) is 0 Å². The van der Waals surface area contributed by atoms with Crippen LogP contribution in [-0.2, 0) is 65.4 Å². The maximum Gasteiger partial charge on any atom is 0.472 e. The Balaban J connectivity index is 5.25. The number of rotatable bonds is 72. The van der Waals surface area contributed by atoms with Crippen molar-refractivity contribution in [2.24, 2.45) is 23.7 Å². The molecule has 94 heavy (non-hydrogen) atoms. The Morgan fingerprint density at radius 2 is 0.447 bits per heavy atom. The predicted molar refractivity (Wildman–Crippen MR) is 381 cm³/mol. The van der Waals surface area contributed by atoms with Gasteiger partial charge in [0.05, 0.1) is 26.4 Å². The van der Waals surface area contributed by atoms with E-state index in [9.17, 15) is 43.2 Å². The molecule has 0 saturated heterocycles. The Kier molecular flexibility index (Phi) is 63.1. The second-order valence-electron chi connectivity index (χ2n) is 28.9. The van der Waals surface area contributed by atoms with Crippen LogP contribution in [-0.4, -0.2) is 96.7 Å². The molecule has 0 aliphatic heterocycles. The van der Waals surface area contributed by atoms with E-state index in [1.165, 1.54) is 173 Å². The lowest BCUT2D eigenvalue weighted by molar-refractivity contribution is -0.161. The van der Waals surface area contributed by atoms with Crippen molar-refractivity contribution in [2.45, 2.75) is 395 Å². The van der Waals surface area contributed by atoms with Crippen LogP contribution in [0.5, 0.6) is 0 Å². The third-order valence-electron chi connectivity index (χ3n) is 17.3. The number of aliphatic hydroxyl groups is 1. The average Bonchev–Trinajstić information content (AvgIpc) is 1.51. The number of ether oxygens (including phenoxy) is 4. The molecule has 3 N–H and O–H groups in total.